The van der Waals surface area contributed by atoms with Gasteiger partial charge in [0.2, 0.25) is 0 Å². The van der Waals surface area contributed by atoms with E-state index < -0.39 is 0 Å². The van der Waals surface area contributed by atoms with Gasteiger partial charge in [-0.25, -0.2) is 14.4 Å². The van der Waals surface area contributed by atoms with Gasteiger partial charge in [0, 0.05) is 18.4 Å². The Labute approximate surface area is 142 Å². The van der Waals surface area contributed by atoms with Crippen molar-refractivity contribution < 1.29 is 4.39 Å². The number of aryl methyl sites for hydroxylation is 2. The third-order valence-corrected chi connectivity index (χ3v) is 4.05. The Balaban J connectivity index is 1.55. The minimum atomic E-state index is -0.293. The van der Waals surface area contributed by atoms with Crippen molar-refractivity contribution in [2.75, 3.05) is 0 Å². The van der Waals surface area contributed by atoms with Crippen LogP contribution >= 0.6 is 0 Å². The number of benzene rings is 2. The minimum absolute atomic E-state index is 0.146. The first-order valence-electron chi connectivity index (χ1n) is 7.97. The Kier molecular flexibility index (Phi) is 3.85. The molecule has 5 nitrogen and oxygen atoms in total. The van der Waals surface area contributed by atoms with Gasteiger partial charge in [-0.2, -0.15) is 0 Å². The van der Waals surface area contributed by atoms with E-state index in [1.165, 1.54) is 6.07 Å². The molecular formula is C19H15FN4O. The molecule has 0 radical (unpaired) electrons. The second kappa shape index (κ2) is 6.32. The fourth-order valence-electron chi connectivity index (χ4n) is 2.80. The smallest absolute Gasteiger partial charge is 0.258 e. The van der Waals surface area contributed by atoms with E-state index in [0.29, 0.717) is 46.7 Å². The van der Waals surface area contributed by atoms with Crippen molar-refractivity contribution in [1.82, 2.24) is 19.9 Å². The summed E-state index contributed by atoms with van der Waals surface area (Å²) in [4.78, 5) is 26.8. The van der Waals surface area contributed by atoms with Gasteiger partial charge in [0.25, 0.3) is 5.56 Å². The molecule has 0 unspecified atom stereocenters. The van der Waals surface area contributed by atoms with Crippen molar-refractivity contribution in [1.29, 1.82) is 0 Å². The lowest BCUT2D eigenvalue weighted by Crippen LogP contribution is -2.12. The molecule has 0 bridgehead atoms. The molecule has 0 spiro atoms. The highest BCUT2D eigenvalue weighted by Gasteiger charge is 2.09. The van der Waals surface area contributed by atoms with Gasteiger partial charge in [-0.1, -0.05) is 24.3 Å². The van der Waals surface area contributed by atoms with Crippen LogP contribution in [0.4, 0.5) is 4.39 Å². The van der Waals surface area contributed by atoms with Crippen LogP contribution in [0.3, 0.4) is 0 Å². The van der Waals surface area contributed by atoms with Crippen molar-refractivity contribution in [2.24, 2.45) is 0 Å². The molecule has 2 aromatic carbocycles. The normalized spacial score (nSPS) is 11.1. The highest BCUT2D eigenvalue weighted by Crippen LogP contribution is 2.20. The van der Waals surface area contributed by atoms with E-state index in [2.05, 4.69) is 19.9 Å². The average Bonchev–Trinajstić information content (AvgIpc) is 3.09. The molecule has 4 rings (SSSR count). The van der Waals surface area contributed by atoms with Crippen LogP contribution in [-0.2, 0) is 12.8 Å². The number of nitrogens with one attached hydrogen (secondary N) is 2. The lowest BCUT2D eigenvalue weighted by Gasteiger charge is -2.02. The number of rotatable bonds is 4. The maximum atomic E-state index is 13.8. The van der Waals surface area contributed by atoms with E-state index >= 15 is 0 Å². The largest absolute Gasteiger partial charge is 0.342 e. The molecule has 25 heavy (non-hydrogen) atoms. The molecule has 0 aliphatic carbocycles. The third kappa shape index (κ3) is 3.06. The second-order valence-corrected chi connectivity index (χ2v) is 5.75. The Morgan fingerprint density at radius 2 is 1.68 bits per heavy atom. The fourth-order valence-corrected chi connectivity index (χ4v) is 2.80. The van der Waals surface area contributed by atoms with E-state index in [1.54, 1.807) is 30.5 Å². The number of halogens is 1. The van der Waals surface area contributed by atoms with Crippen LogP contribution in [0.5, 0.6) is 0 Å². The van der Waals surface area contributed by atoms with Gasteiger partial charge in [0.15, 0.2) is 0 Å². The second-order valence-electron chi connectivity index (χ2n) is 5.75. The number of aromatic amines is 2. The van der Waals surface area contributed by atoms with Gasteiger partial charge in [0.05, 0.1) is 22.8 Å². The van der Waals surface area contributed by atoms with Crippen LogP contribution in [-0.4, -0.2) is 19.9 Å². The standard InChI is InChI=1S/C19H15FN4O/c20-14-7-3-1-5-12(14)16-11-21-17(23-16)9-10-18-22-15-8-4-2-6-13(15)19(25)24-18/h1-8,11H,9-10H2,(H,21,23)(H,22,24,25). The SMILES string of the molecule is O=c1[nH]c(CCc2ncc(-c3ccccc3F)[nH]2)nc2ccccc12. The zero-order valence-electron chi connectivity index (χ0n) is 13.3. The molecule has 0 saturated heterocycles. The molecule has 2 N–H and O–H groups in total. The monoisotopic (exact) mass is 334 g/mol. The molecule has 0 aliphatic rings. The quantitative estimate of drug-likeness (QED) is 0.602. The Bertz CT molecular complexity index is 1100. The first kappa shape index (κ1) is 15.3. The van der Waals surface area contributed by atoms with Crippen molar-refractivity contribution in [3.63, 3.8) is 0 Å². The highest BCUT2D eigenvalue weighted by molar-refractivity contribution is 5.77. The van der Waals surface area contributed by atoms with Crippen LogP contribution in [0.15, 0.2) is 59.5 Å². The van der Waals surface area contributed by atoms with E-state index in [1.807, 2.05) is 18.2 Å². The van der Waals surface area contributed by atoms with Crippen LogP contribution in [0.1, 0.15) is 11.6 Å². The van der Waals surface area contributed by atoms with Crippen molar-refractivity contribution in [3.8, 4) is 11.3 Å². The van der Waals surface area contributed by atoms with Crippen molar-refractivity contribution in [3.05, 3.63) is 82.5 Å². The molecule has 2 aromatic heterocycles. The van der Waals surface area contributed by atoms with E-state index in [9.17, 15) is 9.18 Å². The number of hydrogen-bond acceptors (Lipinski definition) is 3. The van der Waals surface area contributed by atoms with Gasteiger partial charge in [-0.05, 0) is 24.3 Å². The number of fused-ring (bicyclic) bond motifs is 1. The summed E-state index contributed by atoms with van der Waals surface area (Å²) in [5, 5.41) is 0.575. The summed E-state index contributed by atoms with van der Waals surface area (Å²) in [6, 6.07) is 13.8. The molecule has 0 aliphatic heterocycles. The Morgan fingerprint density at radius 1 is 0.920 bits per heavy atom. The predicted octanol–water partition coefficient (Wildman–Crippen LogP) is 3.24. The Hall–Kier alpha value is -3.28. The van der Waals surface area contributed by atoms with Crippen molar-refractivity contribution >= 4 is 10.9 Å². The predicted molar refractivity (Wildman–Crippen MR) is 93.8 cm³/mol. The molecule has 2 heterocycles. The summed E-state index contributed by atoms with van der Waals surface area (Å²) < 4.78 is 13.8. The number of nitrogens with zero attached hydrogens (tertiary/aromatic N) is 2. The molecule has 0 saturated carbocycles. The zero-order valence-corrected chi connectivity index (χ0v) is 13.3. The summed E-state index contributed by atoms with van der Waals surface area (Å²) >= 11 is 0. The molecule has 124 valence electrons. The van der Waals surface area contributed by atoms with Crippen LogP contribution < -0.4 is 5.56 Å². The topological polar surface area (TPSA) is 74.4 Å². The average molecular weight is 334 g/mol. The Morgan fingerprint density at radius 3 is 2.56 bits per heavy atom. The van der Waals surface area contributed by atoms with E-state index in [-0.39, 0.29) is 11.4 Å². The minimum Gasteiger partial charge on any atom is -0.342 e. The summed E-state index contributed by atoms with van der Waals surface area (Å²) in [7, 11) is 0. The van der Waals surface area contributed by atoms with Gasteiger partial charge >= 0.3 is 0 Å². The van der Waals surface area contributed by atoms with Crippen LogP contribution in [0.25, 0.3) is 22.2 Å². The summed E-state index contributed by atoms with van der Waals surface area (Å²) in [5.41, 5.74) is 1.64. The van der Waals surface area contributed by atoms with Crippen LogP contribution in [0, 0.1) is 5.82 Å². The van der Waals surface area contributed by atoms with Gasteiger partial charge in [-0.15, -0.1) is 0 Å². The first-order chi connectivity index (χ1) is 12.2. The van der Waals surface area contributed by atoms with E-state index in [0.717, 1.165) is 0 Å². The van der Waals surface area contributed by atoms with Gasteiger partial charge in [0.1, 0.15) is 17.5 Å². The molecule has 0 amide bonds. The molecule has 0 fully saturated rings. The van der Waals surface area contributed by atoms with Crippen LogP contribution in [0.2, 0.25) is 0 Å². The van der Waals surface area contributed by atoms with Gasteiger partial charge in [-0.3, -0.25) is 4.79 Å². The molecule has 4 aromatic rings. The first-order valence-corrected chi connectivity index (χ1v) is 7.97. The van der Waals surface area contributed by atoms with E-state index in [4.69, 9.17) is 0 Å². The zero-order chi connectivity index (χ0) is 17.2. The maximum absolute atomic E-state index is 13.8. The summed E-state index contributed by atoms with van der Waals surface area (Å²) in [6.07, 6.45) is 2.71. The number of H-pyrrole nitrogens is 2. The fraction of sp³-hybridized carbons (Fsp3) is 0.105. The number of para-hydroxylation sites is 1. The summed E-state index contributed by atoms with van der Waals surface area (Å²) in [5.74, 6) is 1.03. The number of aromatic nitrogens is 4. The van der Waals surface area contributed by atoms with Gasteiger partial charge < -0.3 is 9.97 Å². The molecule has 0 atom stereocenters. The molecule has 6 heteroatoms. The lowest BCUT2D eigenvalue weighted by atomic mass is 10.1. The number of imidazole rings is 1. The number of hydrogen-bond donors (Lipinski definition) is 2. The lowest BCUT2D eigenvalue weighted by molar-refractivity contribution is 0.631. The molecular weight excluding hydrogens is 319 g/mol. The summed E-state index contributed by atoms with van der Waals surface area (Å²) in [6.45, 7) is 0. The van der Waals surface area contributed by atoms with Crippen molar-refractivity contribution in [2.45, 2.75) is 12.8 Å². The third-order valence-electron chi connectivity index (χ3n) is 4.05. The maximum Gasteiger partial charge on any atom is 0.258 e. The highest BCUT2D eigenvalue weighted by atomic mass is 19.1.